The maximum atomic E-state index is 12.2. The molecular formula is C11H11ClN2O3S. The lowest BCUT2D eigenvalue weighted by atomic mass is 10.2. The lowest BCUT2D eigenvalue weighted by Gasteiger charge is -2.32. The quantitative estimate of drug-likeness (QED) is 0.832. The molecule has 0 aromatic carbocycles. The first-order chi connectivity index (χ1) is 8.59. The number of rotatable bonds is 2. The molecule has 7 heteroatoms. The number of aliphatic carboxylic acids is 1. The lowest BCUT2D eigenvalue weighted by Crippen LogP contribution is -2.50. The molecule has 1 aliphatic heterocycles. The maximum Gasteiger partial charge on any atom is 0.327 e. The van der Waals surface area contributed by atoms with E-state index in [4.69, 9.17) is 16.7 Å². The molecule has 2 rings (SSSR count). The molecule has 1 aliphatic rings. The average Bonchev–Trinajstić information content (AvgIpc) is 2.39. The van der Waals surface area contributed by atoms with Crippen molar-refractivity contribution in [3.05, 3.63) is 29.0 Å². The summed E-state index contributed by atoms with van der Waals surface area (Å²) in [5.41, 5.74) is 0.359. The first kappa shape index (κ1) is 13.2. The number of halogens is 1. The van der Waals surface area contributed by atoms with Gasteiger partial charge >= 0.3 is 5.97 Å². The minimum atomic E-state index is -0.975. The van der Waals surface area contributed by atoms with Crippen LogP contribution < -0.4 is 0 Å². The molecule has 1 amide bonds. The fourth-order valence-electron chi connectivity index (χ4n) is 1.72. The zero-order chi connectivity index (χ0) is 13.1. The molecule has 1 N–H and O–H groups in total. The minimum Gasteiger partial charge on any atom is -0.480 e. The van der Waals surface area contributed by atoms with Gasteiger partial charge in [0, 0.05) is 24.2 Å². The molecule has 1 aromatic heterocycles. The summed E-state index contributed by atoms with van der Waals surface area (Å²) in [4.78, 5) is 28.5. The molecule has 0 aliphatic carbocycles. The van der Waals surface area contributed by atoms with E-state index in [0.717, 1.165) is 5.75 Å². The fraction of sp³-hybridized carbons (Fsp3) is 0.364. The van der Waals surface area contributed by atoms with Gasteiger partial charge in [0.1, 0.15) is 11.2 Å². The number of carboxylic acid groups (broad SMARTS) is 1. The summed E-state index contributed by atoms with van der Waals surface area (Å²) in [7, 11) is 0. The van der Waals surface area contributed by atoms with Crippen molar-refractivity contribution in [2.24, 2.45) is 0 Å². The van der Waals surface area contributed by atoms with E-state index in [9.17, 15) is 9.59 Å². The van der Waals surface area contributed by atoms with Gasteiger partial charge in [-0.3, -0.25) is 4.79 Å². The Morgan fingerprint density at radius 3 is 2.89 bits per heavy atom. The molecule has 18 heavy (non-hydrogen) atoms. The van der Waals surface area contributed by atoms with Gasteiger partial charge in [-0.2, -0.15) is 11.8 Å². The SMILES string of the molecule is O=C(O)C1CSCCN1C(=O)c1ccc(Cl)nc1. The van der Waals surface area contributed by atoms with Crippen LogP contribution in [-0.4, -0.2) is 51.0 Å². The van der Waals surface area contributed by atoms with Crippen molar-refractivity contribution in [2.45, 2.75) is 6.04 Å². The standard InChI is InChI=1S/C11H11ClN2O3S/c12-9-2-1-7(5-13-9)10(15)14-3-4-18-6-8(14)11(16)17/h1-2,5,8H,3-4,6H2,(H,16,17). The highest BCUT2D eigenvalue weighted by Crippen LogP contribution is 2.19. The number of amides is 1. The largest absolute Gasteiger partial charge is 0.480 e. The van der Waals surface area contributed by atoms with Crippen molar-refractivity contribution < 1.29 is 14.7 Å². The van der Waals surface area contributed by atoms with E-state index >= 15 is 0 Å². The van der Waals surface area contributed by atoms with Crippen molar-refractivity contribution in [3.63, 3.8) is 0 Å². The van der Waals surface area contributed by atoms with Crippen LogP contribution in [0.3, 0.4) is 0 Å². The zero-order valence-corrected chi connectivity index (χ0v) is 10.9. The van der Waals surface area contributed by atoms with Crippen molar-refractivity contribution in [3.8, 4) is 0 Å². The van der Waals surface area contributed by atoms with Crippen molar-refractivity contribution in [2.75, 3.05) is 18.1 Å². The highest BCUT2D eigenvalue weighted by molar-refractivity contribution is 7.99. The summed E-state index contributed by atoms with van der Waals surface area (Å²) in [6.45, 7) is 0.434. The third kappa shape index (κ3) is 2.76. The van der Waals surface area contributed by atoms with E-state index < -0.39 is 12.0 Å². The van der Waals surface area contributed by atoms with Crippen LogP contribution in [0.25, 0.3) is 0 Å². The number of hydrogen-bond acceptors (Lipinski definition) is 4. The van der Waals surface area contributed by atoms with Crippen LogP contribution in [0.5, 0.6) is 0 Å². The first-order valence-electron chi connectivity index (χ1n) is 5.32. The predicted octanol–water partition coefficient (Wildman–Crippen LogP) is 1.38. The summed E-state index contributed by atoms with van der Waals surface area (Å²) in [5, 5.41) is 9.41. The normalized spacial score (nSPS) is 19.6. The Kier molecular flexibility index (Phi) is 4.08. The number of carbonyl (C=O) groups is 2. The molecule has 1 saturated heterocycles. The molecule has 1 unspecified atom stereocenters. The maximum absolute atomic E-state index is 12.2. The highest BCUT2D eigenvalue weighted by Gasteiger charge is 2.32. The third-order valence-corrected chi connectivity index (χ3v) is 3.89. The molecular weight excluding hydrogens is 276 g/mol. The Morgan fingerprint density at radius 2 is 2.28 bits per heavy atom. The van der Waals surface area contributed by atoms with E-state index in [0.29, 0.717) is 23.0 Å². The summed E-state index contributed by atoms with van der Waals surface area (Å²) < 4.78 is 0. The van der Waals surface area contributed by atoms with Gasteiger partial charge in [-0.25, -0.2) is 9.78 Å². The van der Waals surface area contributed by atoms with Crippen molar-refractivity contribution in [1.82, 2.24) is 9.88 Å². The van der Waals surface area contributed by atoms with Gasteiger partial charge in [0.05, 0.1) is 5.56 Å². The van der Waals surface area contributed by atoms with Gasteiger partial charge in [-0.1, -0.05) is 11.6 Å². The molecule has 1 atom stereocenters. The van der Waals surface area contributed by atoms with E-state index in [1.807, 2.05) is 0 Å². The van der Waals surface area contributed by atoms with Crippen molar-refractivity contribution in [1.29, 1.82) is 0 Å². The fourth-order valence-corrected chi connectivity index (χ4v) is 2.87. The topological polar surface area (TPSA) is 70.5 Å². The van der Waals surface area contributed by atoms with Gasteiger partial charge in [0.15, 0.2) is 0 Å². The zero-order valence-electron chi connectivity index (χ0n) is 9.38. The highest BCUT2D eigenvalue weighted by atomic mass is 35.5. The van der Waals surface area contributed by atoms with Gasteiger partial charge < -0.3 is 10.0 Å². The molecule has 5 nitrogen and oxygen atoms in total. The second kappa shape index (κ2) is 5.58. The Hall–Kier alpha value is -1.27. The molecule has 96 valence electrons. The Labute approximate surface area is 113 Å². The van der Waals surface area contributed by atoms with E-state index in [1.54, 1.807) is 6.07 Å². The number of pyridine rings is 1. The van der Waals surface area contributed by atoms with Gasteiger partial charge in [-0.05, 0) is 12.1 Å². The van der Waals surface area contributed by atoms with Gasteiger partial charge in [-0.15, -0.1) is 0 Å². The van der Waals surface area contributed by atoms with Crippen LogP contribution in [0.1, 0.15) is 10.4 Å². The number of aromatic nitrogens is 1. The number of thioether (sulfide) groups is 1. The van der Waals surface area contributed by atoms with Gasteiger partial charge in [0.25, 0.3) is 5.91 Å². The molecule has 1 fully saturated rings. The molecule has 0 saturated carbocycles. The smallest absolute Gasteiger partial charge is 0.327 e. The molecule has 0 spiro atoms. The second-order valence-corrected chi connectivity index (χ2v) is 5.33. The van der Waals surface area contributed by atoms with Crippen LogP contribution in [0, 0.1) is 0 Å². The number of nitrogens with zero attached hydrogens (tertiary/aromatic N) is 2. The van der Waals surface area contributed by atoms with Crippen LogP contribution >= 0.6 is 23.4 Å². The Bertz CT molecular complexity index is 466. The van der Waals surface area contributed by atoms with Crippen LogP contribution in [-0.2, 0) is 4.79 Å². The van der Waals surface area contributed by atoms with Crippen molar-refractivity contribution >= 4 is 35.2 Å². The van der Waals surface area contributed by atoms with Gasteiger partial charge in [0.2, 0.25) is 0 Å². The molecule has 0 bridgehead atoms. The van der Waals surface area contributed by atoms with Crippen LogP contribution in [0.2, 0.25) is 5.15 Å². The second-order valence-electron chi connectivity index (χ2n) is 3.80. The first-order valence-corrected chi connectivity index (χ1v) is 6.86. The Morgan fingerprint density at radius 1 is 1.50 bits per heavy atom. The Balaban J connectivity index is 2.20. The number of carboxylic acids is 1. The van der Waals surface area contributed by atoms with Crippen LogP contribution in [0.15, 0.2) is 18.3 Å². The molecule has 0 radical (unpaired) electrons. The van der Waals surface area contributed by atoms with E-state index in [1.165, 1.54) is 28.9 Å². The summed E-state index contributed by atoms with van der Waals surface area (Å²) in [5.74, 6) is -0.122. The lowest BCUT2D eigenvalue weighted by molar-refractivity contribution is -0.141. The average molecular weight is 287 g/mol. The van der Waals surface area contributed by atoms with Crippen LogP contribution in [0.4, 0.5) is 0 Å². The number of hydrogen-bond donors (Lipinski definition) is 1. The summed E-state index contributed by atoms with van der Waals surface area (Å²) >= 11 is 7.19. The minimum absolute atomic E-state index is 0.301. The molecule has 2 heterocycles. The predicted molar refractivity (Wildman–Crippen MR) is 69.0 cm³/mol. The third-order valence-electron chi connectivity index (χ3n) is 2.65. The summed E-state index contributed by atoms with van der Waals surface area (Å²) in [6.07, 6.45) is 1.37. The monoisotopic (exact) mass is 286 g/mol. The van der Waals surface area contributed by atoms with E-state index in [2.05, 4.69) is 4.98 Å². The van der Waals surface area contributed by atoms with E-state index in [-0.39, 0.29) is 5.91 Å². The number of carbonyl (C=O) groups excluding carboxylic acids is 1. The molecule has 1 aromatic rings. The summed E-state index contributed by atoms with van der Waals surface area (Å²) in [6, 6.07) is 2.30.